The molecule has 2 rings (SSSR count). The van der Waals surface area contributed by atoms with Gasteiger partial charge in [-0.15, -0.1) is 0 Å². The fourth-order valence-corrected chi connectivity index (χ4v) is 5.84. The molecule has 2 saturated heterocycles. The van der Waals surface area contributed by atoms with Crippen molar-refractivity contribution < 1.29 is 39.1 Å². The van der Waals surface area contributed by atoms with E-state index in [1.165, 1.54) is 0 Å². The molecule has 0 bridgehead atoms. The molecule has 2 aliphatic heterocycles. The summed E-state index contributed by atoms with van der Waals surface area (Å²) in [6.45, 7) is 3.72. The van der Waals surface area contributed by atoms with Crippen molar-refractivity contribution in [3.8, 4) is 0 Å². The molecular weight excluding hydrogens is 323 g/mol. The molecule has 21 heavy (non-hydrogen) atoms. The maximum Gasteiger partial charge on any atom is 0.301 e. The lowest BCUT2D eigenvalue weighted by molar-refractivity contribution is -0.225. The van der Waals surface area contributed by atoms with Gasteiger partial charge in [-0.25, -0.2) is 0 Å². The third kappa shape index (κ3) is 4.06. The molecule has 124 valence electrons. The van der Waals surface area contributed by atoms with Crippen molar-refractivity contribution in [2.75, 3.05) is 19.8 Å². The standard InChI is InChI=1S/C11H21O8PS/c1-11(2)4-17-20(16,18-5-11)21-10-9(15)8(14)7(13)6(3-12)19-10/h6-10,12-15H,3-5H2,1-2H3/t6-,7+,8+,9-,10-/m1/s1. The SMILES string of the molecule is CC1(C)CO[P+]([O-])(S[C@H]2O[C@H](CO)[C@H](O)[C@H](O)[C@H]2O)OC1. The Balaban J connectivity index is 2.01. The van der Waals surface area contributed by atoms with Gasteiger partial charge in [-0.1, -0.05) is 13.8 Å². The van der Waals surface area contributed by atoms with Gasteiger partial charge in [0.1, 0.15) is 49.0 Å². The van der Waals surface area contributed by atoms with E-state index in [1.54, 1.807) is 0 Å². The molecule has 0 spiro atoms. The molecular formula is C11H21O8PS. The van der Waals surface area contributed by atoms with Crippen LogP contribution in [0.3, 0.4) is 0 Å². The van der Waals surface area contributed by atoms with Crippen molar-refractivity contribution in [2.24, 2.45) is 5.41 Å². The Hall–Kier alpha value is 0.460. The Morgan fingerprint density at radius 3 is 2.24 bits per heavy atom. The van der Waals surface area contributed by atoms with Gasteiger partial charge in [-0.05, 0) is 0 Å². The summed E-state index contributed by atoms with van der Waals surface area (Å²) in [5.41, 5.74) is -1.39. The summed E-state index contributed by atoms with van der Waals surface area (Å²) in [4.78, 5) is 12.4. The number of hydrogen-bond acceptors (Lipinski definition) is 9. The van der Waals surface area contributed by atoms with Crippen LogP contribution in [0.1, 0.15) is 13.8 Å². The predicted octanol–water partition coefficient (Wildman–Crippen LogP) is -1.37. The van der Waals surface area contributed by atoms with E-state index < -0.39 is 43.6 Å². The van der Waals surface area contributed by atoms with Gasteiger partial charge in [0.05, 0.1) is 6.61 Å². The number of rotatable bonds is 3. The normalized spacial score (nSPS) is 42.7. The summed E-state index contributed by atoms with van der Waals surface area (Å²) in [6.07, 6.45) is -5.48. The second-order valence-electron chi connectivity index (χ2n) is 5.96. The third-order valence-corrected chi connectivity index (χ3v) is 7.09. The number of hydrogen-bond donors (Lipinski definition) is 4. The molecule has 0 aromatic carbocycles. The summed E-state index contributed by atoms with van der Waals surface area (Å²) in [5.74, 6) is 0. The zero-order valence-electron chi connectivity index (χ0n) is 11.8. The second-order valence-corrected chi connectivity index (χ2v) is 10.0. The van der Waals surface area contributed by atoms with Gasteiger partial charge >= 0.3 is 7.15 Å². The summed E-state index contributed by atoms with van der Waals surface area (Å²) in [6, 6.07) is 0. The van der Waals surface area contributed by atoms with Gasteiger partial charge in [-0.2, -0.15) is 9.05 Å². The van der Waals surface area contributed by atoms with E-state index in [9.17, 15) is 20.2 Å². The zero-order chi connectivity index (χ0) is 15.8. The van der Waals surface area contributed by atoms with Crippen molar-refractivity contribution in [1.82, 2.24) is 0 Å². The van der Waals surface area contributed by atoms with E-state index in [0.717, 1.165) is 0 Å². The van der Waals surface area contributed by atoms with Crippen LogP contribution < -0.4 is 4.89 Å². The largest absolute Gasteiger partial charge is 0.622 e. The Labute approximate surface area is 127 Å². The van der Waals surface area contributed by atoms with Crippen LogP contribution in [-0.2, 0) is 13.8 Å². The van der Waals surface area contributed by atoms with Crippen LogP contribution in [0.2, 0.25) is 0 Å². The van der Waals surface area contributed by atoms with Gasteiger partial charge in [0, 0.05) is 5.41 Å². The van der Waals surface area contributed by atoms with E-state index >= 15 is 0 Å². The van der Waals surface area contributed by atoms with Gasteiger partial charge in [0.15, 0.2) is 5.44 Å². The van der Waals surface area contributed by atoms with Crippen molar-refractivity contribution in [3.05, 3.63) is 0 Å². The average molecular weight is 344 g/mol. The van der Waals surface area contributed by atoms with E-state index in [-0.39, 0.29) is 18.6 Å². The van der Waals surface area contributed by atoms with Gasteiger partial charge in [0.25, 0.3) is 0 Å². The first-order chi connectivity index (χ1) is 9.67. The number of aliphatic hydroxyl groups excluding tert-OH is 4. The molecule has 2 heterocycles. The monoisotopic (exact) mass is 344 g/mol. The zero-order valence-corrected chi connectivity index (χ0v) is 13.5. The summed E-state index contributed by atoms with van der Waals surface area (Å²) < 4.78 is 15.8. The van der Waals surface area contributed by atoms with Crippen LogP contribution >= 0.6 is 18.5 Å². The minimum Gasteiger partial charge on any atom is -0.622 e. The highest BCUT2D eigenvalue weighted by atomic mass is 32.7. The highest BCUT2D eigenvalue weighted by molar-refractivity contribution is 8.57. The van der Waals surface area contributed by atoms with Gasteiger partial charge < -0.3 is 30.1 Å². The molecule has 10 heteroatoms. The third-order valence-electron chi connectivity index (χ3n) is 3.31. The lowest BCUT2D eigenvalue weighted by Crippen LogP contribution is -2.57. The topological polar surface area (TPSA) is 132 Å². The fourth-order valence-electron chi connectivity index (χ4n) is 1.93. The smallest absolute Gasteiger partial charge is 0.301 e. The first-order valence-corrected chi connectivity index (χ1v) is 9.58. The van der Waals surface area contributed by atoms with Gasteiger partial charge in [-0.3, -0.25) is 0 Å². The number of ether oxygens (including phenoxy) is 1. The summed E-state index contributed by atoms with van der Waals surface area (Å²) >= 11 is 0.634. The summed E-state index contributed by atoms with van der Waals surface area (Å²) in [5, 5.41) is 38.4. The minimum absolute atomic E-state index is 0.231. The van der Waals surface area contributed by atoms with Crippen LogP contribution in [-0.4, -0.2) is 70.1 Å². The van der Waals surface area contributed by atoms with E-state index in [4.69, 9.17) is 18.9 Å². The van der Waals surface area contributed by atoms with Crippen molar-refractivity contribution >= 4 is 18.5 Å². The maximum absolute atomic E-state index is 12.4. The second kappa shape index (κ2) is 6.52. The Morgan fingerprint density at radius 2 is 1.71 bits per heavy atom. The molecule has 4 N–H and O–H groups in total. The van der Waals surface area contributed by atoms with Crippen LogP contribution in [0.15, 0.2) is 0 Å². The highest BCUT2D eigenvalue weighted by Crippen LogP contribution is 2.69. The Morgan fingerprint density at radius 1 is 1.14 bits per heavy atom. The van der Waals surface area contributed by atoms with Crippen LogP contribution in [0.25, 0.3) is 0 Å². The maximum atomic E-state index is 12.4. The van der Waals surface area contributed by atoms with Crippen LogP contribution in [0.5, 0.6) is 0 Å². The first kappa shape index (κ1) is 17.8. The van der Waals surface area contributed by atoms with Gasteiger partial charge in [0.2, 0.25) is 0 Å². The van der Waals surface area contributed by atoms with E-state index in [2.05, 4.69) is 0 Å². The fraction of sp³-hybridized carbons (Fsp3) is 1.00. The van der Waals surface area contributed by atoms with E-state index in [0.29, 0.717) is 11.4 Å². The first-order valence-electron chi connectivity index (χ1n) is 6.55. The molecule has 8 nitrogen and oxygen atoms in total. The lowest BCUT2D eigenvalue weighted by atomic mass is 9.97. The lowest BCUT2D eigenvalue weighted by Gasteiger charge is -2.42. The van der Waals surface area contributed by atoms with Crippen LogP contribution in [0, 0.1) is 5.41 Å². The Kier molecular flexibility index (Phi) is 5.53. The van der Waals surface area contributed by atoms with Crippen LogP contribution in [0.4, 0.5) is 0 Å². The molecule has 0 amide bonds. The molecule has 2 fully saturated rings. The van der Waals surface area contributed by atoms with Crippen molar-refractivity contribution in [1.29, 1.82) is 0 Å². The molecule has 0 aliphatic carbocycles. The average Bonchev–Trinajstić information content (AvgIpc) is 2.43. The minimum atomic E-state index is -3.53. The molecule has 5 atom stereocenters. The van der Waals surface area contributed by atoms with Crippen molar-refractivity contribution in [3.63, 3.8) is 0 Å². The Bertz CT molecular complexity index is 358. The van der Waals surface area contributed by atoms with E-state index in [1.807, 2.05) is 13.8 Å². The predicted molar refractivity (Wildman–Crippen MR) is 74.0 cm³/mol. The molecule has 0 unspecified atom stereocenters. The molecule has 0 aromatic rings. The molecule has 0 aromatic heterocycles. The molecule has 0 radical (unpaired) electrons. The molecule has 2 aliphatic rings. The molecule has 0 saturated carbocycles. The quantitative estimate of drug-likeness (QED) is 0.458. The van der Waals surface area contributed by atoms with Crippen molar-refractivity contribution in [2.45, 2.75) is 43.7 Å². The highest BCUT2D eigenvalue weighted by Gasteiger charge is 2.51. The number of aliphatic hydroxyl groups is 4. The summed E-state index contributed by atoms with van der Waals surface area (Å²) in [7, 11) is -3.53.